The molecule has 0 saturated heterocycles. The van der Waals surface area contributed by atoms with E-state index >= 15 is 0 Å². The van der Waals surface area contributed by atoms with Crippen molar-refractivity contribution in [3.63, 3.8) is 0 Å². The summed E-state index contributed by atoms with van der Waals surface area (Å²) in [5.41, 5.74) is 1.09. The summed E-state index contributed by atoms with van der Waals surface area (Å²) in [6.07, 6.45) is 0. The lowest BCUT2D eigenvalue weighted by atomic mass is 10.1. The van der Waals surface area contributed by atoms with Crippen molar-refractivity contribution in [2.24, 2.45) is 0 Å². The molecule has 0 aliphatic rings. The first-order chi connectivity index (χ1) is 13.2. The van der Waals surface area contributed by atoms with E-state index in [1.54, 1.807) is 38.1 Å². The fourth-order valence-electron chi connectivity index (χ4n) is 2.14. The highest BCUT2D eigenvalue weighted by molar-refractivity contribution is 5.92. The van der Waals surface area contributed by atoms with Crippen LogP contribution in [0.4, 0.5) is 4.79 Å². The monoisotopic (exact) mass is 392 g/mol. The SMILES string of the molecule is CCNC(=O)[C@H](C)NC(=O)COC(=O)c1ccc(CNC(=O)NC(C)C)cc1. The number of hydrogen-bond acceptors (Lipinski definition) is 5. The van der Waals surface area contributed by atoms with Crippen LogP contribution in [-0.4, -0.2) is 49.1 Å². The second kappa shape index (κ2) is 11.6. The summed E-state index contributed by atoms with van der Waals surface area (Å²) >= 11 is 0. The predicted octanol–water partition coefficient (Wildman–Crippen LogP) is 0.692. The van der Waals surface area contributed by atoms with Crippen molar-refractivity contribution in [2.75, 3.05) is 13.2 Å². The molecular formula is C19H28N4O5. The molecule has 0 unspecified atom stereocenters. The van der Waals surface area contributed by atoms with Crippen molar-refractivity contribution in [3.05, 3.63) is 35.4 Å². The number of rotatable bonds is 9. The molecule has 0 radical (unpaired) electrons. The summed E-state index contributed by atoms with van der Waals surface area (Å²) in [6.45, 7) is 7.33. The van der Waals surface area contributed by atoms with Crippen LogP contribution in [0.3, 0.4) is 0 Å². The number of carbonyl (C=O) groups is 4. The predicted molar refractivity (Wildman–Crippen MR) is 104 cm³/mol. The summed E-state index contributed by atoms with van der Waals surface area (Å²) in [6, 6.07) is 5.52. The number of esters is 1. The van der Waals surface area contributed by atoms with E-state index in [0.29, 0.717) is 13.1 Å². The smallest absolute Gasteiger partial charge is 0.338 e. The molecule has 0 aliphatic heterocycles. The maximum atomic E-state index is 12.0. The Morgan fingerprint density at radius 3 is 2.18 bits per heavy atom. The lowest BCUT2D eigenvalue weighted by Gasteiger charge is -2.13. The van der Waals surface area contributed by atoms with Gasteiger partial charge in [-0.3, -0.25) is 9.59 Å². The van der Waals surface area contributed by atoms with E-state index in [9.17, 15) is 19.2 Å². The van der Waals surface area contributed by atoms with E-state index in [1.807, 2.05) is 13.8 Å². The van der Waals surface area contributed by atoms with Gasteiger partial charge in [-0.05, 0) is 45.4 Å². The summed E-state index contributed by atoms with van der Waals surface area (Å²) in [7, 11) is 0. The van der Waals surface area contributed by atoms with E-state index in [-0.39, 0.29) is 23.5 Å². The van der Waals surface area contributed by atoms with Crippen LogP contribution in [0.25, 0.3) is 0 Å². The van der Waals surface area contributed by atoms with Crippen LogP contribution in [0.5, 0.6) is 0 Å². The second-order valence-electron chi connectivity index (χ2n) is 6.44. The van der Waals surface area contributed by atoms with Gasteiger partial charge in [-0.2, -0.15) is 0 Å². The Balaban J connectivity index is 2.43. The molecule has 1 rings (SSSR count). The summed E-state index contributed by atoms with van der Waals surface area (Å²) < 4.78 is 4.95. The molecule has 9 heteroatoms. The van der Waals surface area contributed by atoms with Crippen LogP contribution in [-0.2, 0) is 20.9 Å². The molecule has 0 aromatic heterocycles. The topological polar surface area (TPSA) is 126 Å². The Hall–Kier alpha value is -3.10. The number of amides is 4. The van der Waals surface area contributed by atoms with Crippen molar-refractivity contribution < 1.29 is 23.9 Å². The highest BCUT2D eigenvalue weighted by Gasteiger charge is 2.16. The fraction of sp³-hybridized carbons (Fsp3) is 0.474. The molecule has 28 heavy (non-hydrogen) atoms. The second-order valence-corrected chi connectivity index (χ2v) is 6.44. The first kappa shape index (κ1) is 22.9. The molecule has 1 aromatic carbocycles. The van der Waals surface area contributed by atoms with Gasteiger partial charge >= 0.3 is 12.0 Å². The molecule has 0 fully saturated rings. The van der Waals surface area contributed by atoms with Gasteiger partial charge in [-0.15, -0.1) is 0 Å². The zero-order valence-electron chi connectivity index (χ0n) is 16.6. The van der Waals surface area contributed by atoms with Crippen molar-refractivity contribution >= 4 is 23.8 Å². The normalized spacial score (nSPS) is 11.3. The van der Waals surface area contributed by atoms with Crippen molar-refractivity contribution in [3.8, 4) is 0 Å². The molecule has 0 bridgehead atoms. The van der Waals surface area contributed by atoms with Gasteiger partial charge in [0.1, 0.15) is 6.04 Å². The number of nitrogens with one attached hydrogen (secondary N) is 4. The molecule has 9 nitrogen and oxygen atoms in total. The zero-order chi connectivity index (χ0) is 21.1. The average molecular weight is 392 g/mol. The van der Waals surface area contributed by atoms with Gasteiger partial charge in [-0.25, -0.2) is 9.59 Å². The maximum absolute atomic E-state index is 12.0. The Morgan fingerprint density at radius 2 is 1.61 bits per heavy atom. The molecular weight excluding hydrogens is 364 g/mol. The van der Waals surface area contributed by atoms with Gasteiger partial charge in [0.05, 0.1) is 5.56 Å². The minimum absolute atomic E-state index is 0.0402. The first-order valence-electron chi connectivity index (χ1n) is 9.10. The molecule has 1 aromatic rings. The number of hydrogen-bond donors (Lipinski definition) is 4. The van der Waals surface area contributed by atoms with Gasteiger partial charge in [0, 0.05) is 19.1 Å². The Labute approximate surface area is 164 Å². The minimum Gasteiger partial charge on any atom is -0.452 e. The van der Waals surface area contributed by atoms with Gasteiger partial charge in [0.2, 0.25) is 5.91 Å². The number of benzene rings is 1. The molecule has 0 aliphatic carbocycles. The Bertz CT molecular complexity index is 688. The average Bonchev–Trinajstić information content (AvgIpc) is 2.64. The van der Waals surface area contributed by atoms with Gasteiger partial charge in [-0.1, -0.05) is 12.1 Å². The van der Waals surface area contributed by atoms with Crippen LogP contribution in [0.15, 0.2) is 24.3 Å². The highest BCUT2D eigenvalue weighted by Crippen LogP contribution is 2.06. The van der Waals surface area contributed by atoms with Gasteiger partial charge in [0.25, 0.3) is 5.91 Å². The van der Waals surface area contributed by atoms with E-state index in [0.717, 1.165) is 5.56 Å². The largest absolute Gasteiger partial charge is 0.452 e. The lowest BCUT2D eigenvalue weighted by Crippen LogP contribution is -2.46. The van der Waals surface area contributed by atoms with Gasteiger partial charge < -0.3 is 26.0 Å². The molecule has 4 N–H and O–H groups in total. The lowest BCUT2D eigenvalue weighted by molar-refractivity contribution is -0.130. The van der Waals surface area contributed by atoms with Crippen LogP contribution in [0, 0.1) is 0 Å². The molecule has 0 saturated carbocycles. The number of urea groups is 1. The highest BCUT2D eigenvalue weighted by atomic mass is 16.5. The fourth-order valence-corrected chi connectivity index (χ4v) is 2.14. The third-order valence-corrected chi connectivity index (χ3v) is 3.52. The minimum atomic E-state index is -0.717. The van der Waals surface area contributed by atoms with Gasteiger partial charge in [0.15, 0.2) is 6.61 Å². The van der Waals surface area contributed by atoms with Crippen LogP contribution in [0.1, 0.15) is 43.6 Å². The van der Waals surface area contributed by atoms with Crippen molar-refractivity contribution in [1.82, 2.24) is 21.3 Å². The standard InChI is InChI=1S/C19H28N4O5/c1-5-20-17(25)13(4)23-16(24)11-28-18(26)15-8-6-14(7-9-15)10-21-19(27)22-12(2)3/h6-9,12-13H,5,10-11H2,1-4H3,(H,20,25)(H,23,24)(H2,21,22,27)/t13-/m0/s1. The van der Waals surface area contributed by atoms with E-state index < -0.39 is 24.5 Å². The van der Waals surface area contributed by atoms with E-state index in [1.165, 1.54) is 0 Å². The number of carbonyl (C=O) groups excluding carboxylic acids is 4. The summed E-state index contributed by atoms with van der Waals surface area (Å²) in [4.78, 5) is 46.9. The third-order valence-electron chi connectivity index (χ3n) is 3.52. The maximum Gasteiger partial charge on any atom is 0.338 e. The quantitative estimate of drug-likeness (QED) is 0.460. The zero-order valence-corrected chi connectivity index (χ0v) is 16.6. The third kappa shape index (κ3) is 8.52. The summed E-state index contributed by atoms with van der Waals surface area (Å²) in [5, 5.41) is 10.4. The van der Waals surface area contributed by atoms with Crippen molar-refractivity contribution in [2.45, 2.75) is 46.3 Å². The van der Waals surface area contributed by atoms with Crippen LogP contribution >= 0.6 is 0 Å². The summed E-state index contributed by atoms with van der Waals surface area (Å²) in [5.74, 6) is -1.53. The Morgan fingerprint density at radius 1 is 0.964 bits per heavy atom. The number of ether oxygens (including phenoxy) is 1. The van der Waals surface area contributed by atoms with E-state index in [4.69, 9.17) is 4.74 Å². The van der Waals surface area contributed by atoms with Crippen LogP contribution < -0.4 is 21.3 Å². The molecule has 0 heterocycles. The van der Waals surface area contributed by atoms with Crippen molar-refractivity contribution in [1.29, 1.82) is 0 Å². The molecule has 1 atom stereocenters. The van der Waals surface area contributed by atoms with E-state index in [2.05, 4.69) is 21.3 Å². The molecule has 154 valence electrons. The molecule has 4 amide bonds. The number of likely N-dealkylation sites (N-methyl/N-ethyl adjacent to an activating group) is 1. The van der Waals surface area contributed by atoms with Crippen LogP contribution in [0.2, 0.25) is 0 Å². The molecule has 0 spiro atoms. The Kier molecular flexibility index (Phi) is 9.49. The first-order valence-corrected chi connectivity index (χ1v) is 9.10.